The average molecular weight is 495 g/mol. The lowest BCUT2D eigenvalue weighted by Crippen LogP contribution is -2.35. The van der Waals surface area contributed by atoms with Gasteiger partial charge in [0.2, 0.25) is 0 Å². The minimum atomic E-state index is -3.89. The molecule has 1 aliphatic heterocycles. The minimum absolute atomic E-state index is 0.0620. The van der Waals surface area contributed by atoms with Crippen molar-refractivity contribution in [2.75, 3.05) is 35.8 Å². The van der Waals surface area contributed by atoms with Crippen molar-refractivity contribution >= 4 is 38.9 Å². The van der Waals surface area contributed by atoms with Crippen LogP contribution in [0.2, 0.25) is 5.02 Å². The molecule has 0 bridgehead atoms. The van der Waals surface area contributed by atoms with E-state index in [9.17, 15) is 13.2 Å². The second-order valence-corrected chi connectivity index (χ2v) is 10.0. The maximum atomic E-state index is 13.4. The highest BCUT2D eigenvalue weighted by atomic mass is 35.5. The lowest BCUT2D eigenvalue weighted by molar-refractivity contribution is 0.0768. The number of rotatable bonds is 5. The third-order valence-electron chi connectivity index (χ3n) is 5.67. The summed E-state index contributed by atoms with van der Waals surface area (Å²) in [7, 11) is -3.89. The molecule has 34 heavy (non-hydrogen) atoms. The van der Waals surface area contributed by atoms with Crippen molar-refractivity contribution in [2.24, 2.45) is 0 Å². The molecule has 7 nitrogen and oxygen atoms in total. The zero-order valence-corrected chi connectivity index (χ0v) is 19.9. The molecular weight excluding hydrogens is 472 g/mol. The van der Waals surface area contributed by atoms with Crippen LogP contribution in [0.3, 0.4) is 0 Å². The summed E-state index contributed by atoms with van der Waals surface area (Å²) < 4.78 is 28.3. The highest BCUT2D eigenvalue weighted by Crippen LogP contribution is 2.24. The van der Waals surface area contributed by atoms with E-state index in [1.165, 1.54) is 24.3 Å². The predicted octanol–water partition coefficient (Wildman–Crippen LogP) is 4.36. The molecule has 1 amide bonds. The molecule has 3 aromatic carbocycles. The molecule has 1 N–H and O–H groups in total. The Hall–Kier alpha value is -3.54. The monoisotopic (exact) mass is 494 g/mol. The van der Waals surface area contributed by atoms with Gasteiger partial charge in [0.1, 0.15) is 0 Å². The van der Waals surface area contributed by atoms with Crippen LogP contribution in [0, 0.1) is 11.3 Å². The van der Waals surface area contributed by atoms with Gasteiger partial charge in [0.15, 0.2) is 0 Å². The second kappa shape index (κ2) is 10.2. The van der Waals surface area contributed by atoms with Gasteiger partial charge in [-0.25, -0.2) is 8.42 Å². The van der Waals surface area contributed by atoms with Crippen LogP contribution in [0.4, 0.5) is 11.4 Å². The zero-order chi connectivity index (χ0) is 24.1. The van der Waals surface area contributed by atoms with Gasteiger partial charge in [-0.05, 0) is 67.1 Å². The van der Waals surface area contributed by atoms with E-state index >= 15 is 0 Å². The van der Waals surface area contributed by atoms with E-state index in [0.717, 1.165) is 18.7 Å². The summed E-state index contributed by atoms with van der Waals surface area (Å²) in [5, 5.41) is 9.44. The third-order valence-corrected chi connectivity index (χ3v) is 7.30. The van der Waals surface area contributed by atoms with E-state index in [1.54, 1.807) is 41.3 Å². The van der Waals surface area contributed by atoms with Crippen molar-refractivity contribution in [3.05, 3.63) is 88.9 Å². The van der Waals surface area contributed by atoms with Gasteiger partial charge in [-0.1, -0.05) is 23.7 Å². The Morgan fingerprint density at radius 1 is 0.912 bits per heavy atom. The number of nitriles is 1. The molecule has 3 aromatic rings. The molecule has 0 unspecified atom stereocenters. The van der Waals surface area contributed by atoms with Crippen LogP contribution in [0.15, 0.2) is 77.7 Å². The maximum Gasteiger partial charge on any atom is 0.261 e. The van der Waals surface area contributed by atoms with Gasteiger partial charge < -0.3 is 9.80 Å². The summed E-state index contributed by atoms with van der Waals surface area (Å²) in [5.41, 5.74) is 2.14. The average Bonchev–Trinajstić information content (AvgIpc) is 3.10. The number of hydrogen-bond acceptors (Lipinski definition) is 5. The number of carbonyl (C=O) groups is 1. The molecule has 4 rings (SSSR count). The Morgan fingerprint density at radius 3 is 2.32 bits per heavy atom. The molecule has 9 heteroatoms. The maximum absolute atomic E-state index is 13.4. The Kier molecular flexibility index (Phi) is 7.06. The van der Waals surface area contributed by atoms with Crippen LogP contribution in [0.5, 0.6) is 0 Å². The largest absolute Gasteiger partial charge is 0.370 e. The topological polar surface area (TPSA) is 93.5 Å². The van der Waals surface area contributed by atoms with Gasteiger partial charge in [0.25, 0.3) is 15.9 Å². The minimum Gasteiger partial charge on any atom is -0.370 e. The lowest BCUT2D eigenvalue weighted by atomic mass is 10.1. The Bertz CT molecular complexity index is 1320. The Balaban J connectivity index is 1.50. The number of amides is 1. The molecule has 0 aromatic heterocycles. The van der Waals surface area contributed by atoms with Crippen molar-refractivity contribution < 1.29 is 13.2 Å². The number of halogens is 1. The van der Waals surface area contributed by atoms with Crippen LogP contribution in [-0.2, 0) is 10.0 Å². The zero-order valence-electron chi connectivity index (χ0n) is 18.3. The molecule has 174 valence electrons. The molecule has 0 radical (unpaired) electrons. The predicted molar refractivity (Wildman–Crippen MR) is 133 cm³/mol. The van der Waals surface area contributed by atoms with Crippen LogP contribution >= 0.6 is 11.6 Å². The van der Waals surface area contributed by atoms with E-state index in [1.807, 2.05) is 12.1 Å². The first-order chi connectivity index (χ1) is 16.4. The van der Waals surface area contributed by atoms with Gasteiger partial charge >= 0.3 is 0 Å². The van der Waals surface area contributed by atoms with E-state index in [0.29, 0.717) is 35.8 Å². The molecule has 1 saturated heterocycles. The Labute approximate surface area is 204 Å². The van der Waals surface area contributed by atoms with E-state index < -0.39 is 10.0 Å². The fourth-order valence-corrected chi connectivity index (χ4v) is 5.08. The highest BCUT2D eigenvalue weighted by Gasteiger charge is 2.24. The summed E-state index contributed by atoms with van der Waals surface area (Å²) in [4.78, 5) is 17.4. The van der Waals surface area contributed by atoms with Crippen LogP contribution < -0.4 is 9.62 Å². The molecular formula is C25H23ClN4O3S. The molecule has 0 atom stereocenters. The van der Waals surface area contributed by atoms with Gasteiger partial charge in [-0.15, -0.1) is 0 Å². The fraction of sp³-hybridized carbons (Fsp3) is 0.200. The molecule has 0 saturated carbocycles. The van der Waals surface area contributed by atoms with Crippen molar-refractivity contribution in [3.8, 4) is 6.07 Å². The molecule has 0 aliphatic carbocycles. The van der Waals surface area contributed by atoms with E-state index in [-0.39, 0.29) is 16.5 Å². The lowest BCUT2D eigenvalue weighted by Gasteiger charge is -2.24. The number of benzene rings is 3. The van der Waals surface area contributed by atoms with Crippen LogP contribution in [-0.4, -0.2) is 45.4 Å². The Morgan fingerprint density at radius 2 is 1.62 bits per heavy atom. The molecule has 1 heterocycles. The summed E-state index contributed by atoms with van der Waals surface area (Å²) in [6.45, 7) is 2.47. The van der Waals surface area contributed by atoms with Gasteiger partial charge in [0.05, 0.1) is 27.8 Å². The quantitative estimate of drug-likeness (QED) is 0.568. The number of hydrogen-bond donors (Lipinski definition) is 1. The number of carbonyl (C=O) groups excluding carboxylic acids is 1. The van der Waals surface area contributed by atoms with E-state index in [2.05, 4.69) is 15.7 Å². The van der Waals surface area contributed by atoms with Crippen molar-refractivity contribution in [1.29, 1.82) is 5.26 Å². The van der Waals surface area contributed by atoms with Crippen molar-refractivity contribution in [1.82, 2.24) is 4.90 Å². The summed E-state index contributed by atoms with van der Waals surface area (Å²) in [6, 6.07) is 22.0. The number of nitrogens with zero attached hydrogens (tertiary/aromatic N) is 3. The number of nitrogens with one attached hydrogen (secondary N) is 1. The fourth-order valence-electron chi connectivity index (χ4n) is 3.87. The summed E-state index contributed by atoms with van der Waals surface area (Å²) >= 11 is 5.87. The second-order valence-electron chi connectivity index (χ2n) is 7.90. The first-order valence-electron chi connectivity index (χ1n) is 10.8. The standard InChI is InChI=1S/C25H23ClN4O3S/c26-20-8-12-22(13-9-20)34(32,33)28-24-5-2-1-4-23(24)25(31)30-15-3-14-29(16-17-30)21-10-6-19(18-27)7-11-21/h1-2,4-13,28H,3,14-17H2. The summed E-state index contributed by atoms with van der Waals surface area (Å²) in [5.74, 6) is -0.226. The van der Waals surface area contributed by atoms with Gasteiger partial charge in [-0.2, -0.15) is 5.26 Å². The smallest absolute Gasteiger partial charge is 0.261 e. The molecule has 1 fully saturated rings. The molecule has 1 aliphatic rings. The number of anilines is 2. The van der Waals surface area contributed by atoms with E-state index in [4.69, 9.17) is 16.9 Å². The van der Waals surface area contributed by atoms with Crippen LogP contribution in [0.25, 0.3) is 0 Å². The number of para-hydroxylation sites is 1. The van der Waals surface area contributed by atoms with Crippen LogP contribution in [0.1, 0.15) is 22.3 Å². The van der Waals surface area contributed by atoms with Crippen molar-refractivity contribution in [3.63, 3.8) is 0 Å². The number of sulfonamides is 1. The first-order valence-corrected chi connectivity index (χ1v) is 12.7. The summed E-state index contributed by atoms with van der Waals surface area (Å²) in [6.07, 6.45) is 0.768. The van der Waals surface area contributed by atoms with Gasteiger partial charge in [-0.3, -0.25) is 9.52 Å². The highest BCUT2D eigenvalue weighted by molar-refractivity contribution is 7.92. The molecule has 0 spiro atoms. The normalized spacial score (nSPS) is 14.2. The van der Waals surface area contributed by atoms with Gasteiger partial charge in [0, 0.05) is 36.9 Å². The third kappa shape index (κ3) is 5.33. The van der Waals surface area contributed by atoms with Crippen molar-refractivity contribution in [2.45, 2.75) is 11.3 Å². The SMILES string of the molecule is N#Cc1ccc(N2CCCN(C(=O)c3ccccc3NS(=O)(=O)c3ccc(Cl)cc3)CC2)cc1. The first kappa shape index (κ1) is 23.6.